The topological polar surface area (TPSA) is 96.5 Å². The lowest BCUT2D eigenvalue weighted by molar-refractivity contribution is -0.116. The molecule has 1 aromatic carbocycles. The van der Waals surface area contributed by atoms with Gasteiger partial charge in [-0.15, -0.1) is 0 Å². The van der Waals surface area contributed by atoms with E-state index in [0.29, 0.717) is 17.9 Å². The Morgan fingerprint density at radius 2 is 2.04 bits per heavy atom. The number of hydrogen-bond donors (Lipinski definition) is 1. The van der Waals surface area contributed by atoms with E-state index in [1.54, 1.807) is 43.5 Å². The van der Waals surface area contributed by atoms with Gasteiger partial charge in [0.15, 0.2) is 0 Å². The Bertz CT molecular complexity index is 1170. The van der Waals surface area contributed by atoms with Crippen molar-refractivity contribution in [3.63, 3.8) is 0 Å². The van der Waals surface area contributed by atoms with Crippen molar-refractivity contribution in [2.75, 3.05) is 6.54 Å². The molecule has 140 valence electrons. The zero-order valence-electron chi connectivity index (χ0n) is 15.5. The SMILES string of the molecule is CCNC(=O)/C(C#N)=C/c1c(Oc2ccccc2C)nc2ccccn2c1=O. The van der Waals surface area contributed by atoms with Crippen LogP contribution in [0.5, 0.6) is 11.6 Å². The molecule has 28 heavy (non-hydrogen) atoms. The number of pyridine rings is 1. The Labute approximate surface area is 161 Å². The predicted octanol–water partition coefficient (Wildman–Crippen LogP) is 2.84. The maximum absolute atomic E-state index is 13.0. The molecular formula is C21H18N4O3. The molecule has 3 aromatic rings. The van der Waals surface area contributed by atoms with Gasteiger partial charge in [-0.2, -0.15) is 10.2 Å². The number of nitriles is 1. The minimum absolute atomic E-state index is 0.0229. The summed E-state index contributed by atoms with van der Waals surface area (Å²) >= 11 is 0. The van der Waals surface area contributed by atoms with E-state index in [2.05, 4.69) is 10.3 Å². The lowest BCUT2D eigenvalue weighted by Gasteiger charge is -2.11. The minimum Gasteiger partial charge on any atom is -0.438 e. The molecule has 0 saturated heterocycles. The summed E-state index contributed by atoms with van der Waals surface area (Å²) in [6.07, 6.45) is 2.78. The third-order valence-corrected chi connectivity index (χ3v) is 4.03. The number of ether oxygens (including phenoxy) is 1. The molecular weight excluding hydrogens is 356 g/mol. The molecule has 0 unspecified atom stereocenters. The van der Waals surface area contributed by atoms with Gasteiger partial charge in [0.25, 0.3) is 11.5 Å². The first kappa shape index (κ1) is 18.9. The summed E-state index contributed by atoms with van der Waals surface area (Å²) in [4.78, 5) is 29.5. The van der Waals surface area contributed by atoms with Gasteiger partial charge in [-0.25, -0.2) is 0 Å². The lowest BCUT2D eigenvalue weighted by Crippen LogP contribution is -2.25. The Morgan fingerprint density at radius 3 is 2.75 bits per heavy atom. The summed E-state index contributed by atoms with van der Waals surface area (Å²) in [5.41, 5.74) is 0.633. The van der Waals surface area contributed by atoms with Crippen LogP contribution in [0.25, 0.3) is 11.7 Å². The number of aryl methyl sites for hydroxylation is 1. The summed E-state index contributed by atoms with van der Waals surface area (Å²) in [6, 6.07) is 14.3. The van der Waals surface area contributed by atoms with Gasteiger partial charge in [0.05, 0.1) is 0 Å². The zero-order valence-corrected chi connectivity index (χ0v) is 15.5. The van der Waals surface area contributed by atoms with Gasteiger partial charge in [0, 0.05) is 12.7 Å². The molecule has 0 atom stereocenters. The molecule has 7 nitrogen and oxygen atoms in total. The van der Waals surface area contributed by atoms with Crippen LogP contribution in [0, 0.1) is 18.3 Å². The van der Waals surface area contributed by atoms with Crippen molar-refractivity contribution < 1.29 is 9.53 Å². The fraction of sp³-hybridized carbons (Fsp3) is 0.143. The molecule has 0 aliphatic carbocycles. The molecule has 0 bridgehead atoms. The average molecular weight is 374 g/mol. The van der Waals surface area contributed by atoms with Gasteiger partial charge in [-0.3, -0.25) is 14.0 Å². The summed E-state index contributed by atoms with van der Waals surface area (Å²) in [5, 5.41) is 11.9. The van der Waals surface area contributed by atoms with Crippen molar-refractivity contribution in [1.29, 1.82) is 5.26 Å². The molecule has 0 spiro atoms. The molecule has 2 heterocycles. The van der Waals surface area contributed by atoms with Crippen LogP contribution in [0.3, 0.4) is 0 Å². The molecule has 0 aliphatic heterocycles. The van der Waals surface area contributed by atoms with E-state index >= 15 is 0 Å². The molecule has 1 N–H and O–H groups in total. The van der Waals surface area contributed by atoms with Crippen LogP contribution in [-0.2, 0) is 4.79 Å². The molecule has 2 aromatic heterocycles. The number of para-hydroxylation sites is 1. The molecule has 1 amide bonds. The van der Waals surface area contributed by atoms with Gasteiger partial charge >= 0.3 is 0 Å². The highest BCUT2D eigenvalue weighted by Crippen LogP contribution is 2.26. The normalized spacial score (nSPS) is 11.1. The average Bonchev–Trinajstić information content (AvgIpc) is 2.70. The van der Waals surface area contributed by atoms with Crippen molar-refractivity contribution in [2.24, 2.45) is 0 Å². The number of likely N-dealkylation sites (N-methyl/N-ethyl adjacent to an activating group) is 1. The molecule has 3 rings (SSSR count). The molecule has 0 radical (unpaired) electrons. The van der Waals surface area contributed by atoms with E-state index in [1.807, 2.05) is 25.1 Å². The van der Waals surface area contributed by atoms with Crippen LogP contribution < -0.4 is 15.6 Å². The summed E-state index contributed by atoms with van der Waals surface area (Å²) in [6.45, 7) is 3.97. The first-order chi connectivity index (χ1) is 13.5. The summed E-state index contributed by atoms with van der Waals surface area (Å²) in [7, 11) is 0. The standard InChI is InChI=1S/C21H18N4O3/c1-3-23-19(26)15(13-22)12-16-20(28-17-9-5-4-8-14(17)2)24-18-10-6-7-11-25(18)21(16)27/h4-12H,3H2,1-2H3,(H,23,26)/b15-12+. The third kappa shape index (κ3) is 3.76. The first-order valence-corrected chi connectivity index (χ1v) is 8.70. The van der Waals surface area contributed by atoms with E-state index < -0.39 is 11.5 Å². The fourth-order valence-electron chi connectivity index (χ4n) is 2.61. The van der Waals surface area contributed by atoms with E-state index in [4.69, 9.17) is 4.74 Å². The molecule has 7 heteroatoms. The second kappa shape index (κ2) is 8.18. The number of fused-ring (bicyclic) bond motifs is 1. The number of nitrogens with one attached hydrogen (secondary N) is 1. The number of rotatable bonds is 5. The Morgan fingerprint density at radius 1 is 1.29 bits per heavy atom. The van der Waals surface area contributed by atoms with Crippen LogP contribution in [0.2, 0.25) is 0 Å². The number of aromatic nitrogens is 2. The number of benzene rings is 1. The zero-order chi connectivity index (χ0) is 20.1. The number of carbonyl (C=O) groups excluding carboxylic acids is 1. The van der Waals surface area contributed by atoms with Crippen LogP contribution >= 0.6 is 0 Å². The molecule has 0 fully saturated rings. The van der Waals surface area contributed by atoms with Crippen LogP contribution in [0.15, 0.2) is 59.0 Å². The van der Waals surface area contributed by atoms with Crippen LogP contribution in [0.4, 0.5) is 0 Å². The summed E-state index contributed by atoms with van der Waals surface area (Å²) in [5.74, 6) is -0.00667. The predicted molar refractivity (Wildman–Crippen MR) is 105 cm³/mol. The van der Waals surface area contributed by atoms with Gasteiger partial charge < -0.3 is 10.1 Å². The van der Waals surface area contributed by atoms with Crippen molar-refractivity contribution in [3.8, 4) is 17.7 Å². The van der Waals surface area contributed by atoms with Crippen molar-refractivity contribution in [3.05, 3.63) is 75.7 Å². The number of nitrogens with zero attached hydrogens (tertiary/aromatic N) is 3. The number of hydrogen-bond acceptors (Lipinski definition) is 5. The Kier molecular flexibility index (Phi) is 5.51. The van der Waals surface area contributed by atoms with Crippen molar-refractivity contribution in [1.82, 2.24) is 14.7 Å². The van der Waals surface area contributed by atoms with Crippen molar-refractivity contribution >= 4 is 17.6 Å². The van der Waals surface area contributed by atoms with E-state index in [0.717, 1.165) is 5.56 Å². The molecule has 0 aliphatic rings. The van der Waals surface area contributed by atoms with Gasteiger partial charge in [-0.1, -0.05) is 24.3 Å². The third-order valence-electron chi connectivity index (χ3n) is 4.03. The molecule has 0 saturated carbocycles. The monoisotopic (exact) mass is 374 g/mol. The van der Waals surface area contributed by atoms with Crippen LogP contribution in [-0.4, -0.2) is 21.8 Å². The maximum Gasteiger partial charge on any atom is 0.269 e. The highest BCUT2D eigenvalue weighted by molar-refractivity contribution is 6.01. The second-order valence-electron chi connectivity index (χ2n) is 5.96. The fourth-order valence-corrected chi connectivity index (χ4v) is 2.61. The van der Waals surface area contributed by atoms with Gasteiger partial charge in [0.1, 0.15) is 28.6 Å². The van der Waals surface area contributed by atoms with E-state index in [-0.39, 0.29) is 17.0 Å². The Balaban J connectivity index is 2.23. The number of amides is 1. The summed E-state index contributed by atoms with van der Waals surface area (Å²) < 4.78 is 7.24. The quantitative estimate of drug-likeness (QED) is 0.547. The number of carbonyl (C=O) groups is 1. The van der Waals surface area contributed by atoms with Gasteiger partial charge in [-0.05, 0) is 43.7 Å². The lowest BCUT2D eigenvalue weighted by atomic mass is 10.1. The highest BCUT2D eigenvalue weighted by atomic mass is 16.5. The van der Waals surface area contributed by atoms with Crippen LogP contribution in [0.1, 0.15) is 18.1 Å². The minimum atomic E-state index is -0.565. The second-order valence-corrected chi connectivity index (χ2v) is 5.96. The highest BCUT2D eigenvalue weighted by Gasteiger charge is 2.17. The van der Waals surface area contributed by atoms with Crippen molar-refractivity contribution in [2.45, 2.75) is 13.8 Å². The van der Waals surface area contributed by atoms with Gasteiger partial charge in [0.2, 0.25) is 5.88 Å². The maximum atomic E-state index is 13.0. The van der Waals surface area contributed by atoms with E-state index in [9.17, 15) is 14.9 Å². The largest absolute Gasteiger partial charge is 0.438 e. The Hall–Kier alpha value is -3.92. The smallest absolute Gasteiger partial charge is 0.269 e. The van der Waals surface area contributed by atoms with E-state index in [1.165, 1.54) is 10.5 Å². The first-order valence-electron chi connectivity index (χ1n) is 8.70.